The molecule has 1 saturated carbocycles. The van der Waals surface area contributed by atoms with Crippen LogP contribution in [0.2, 0.25) is 0 Å². The van der Waals surface area contributed by atoms with Gasteiger partial charge in [0.05, 0.1) is 12.6 Å². The second-order valence-corrected chi connectivity index (χ2v) is 5.50. The van der Waals surface area contributed by atoms with Gasteiger partial charge in [0.25, 0.3) is 0 Å². The van der Waals surface area contributed by atoms with E-state index in [2.05, 4.69) is 31.0 Å². The third-order valence-corrected chi connectivity index (χ3v) is 4.20. The number of aromatic nitrogens is 1. The van der Waals surface area contributed by atoms with E-state index in [4.69, 9.17) is 10.5 Å². The molecule has 96 valence electrons. The average Bonchev–Trinajstić information content (AvgIpc) is 3.06. The van der Waals surface area contributed by atoms with Crippen LogP contribution >= 0.6 is 0 Å². The number of aryl methyl sites for hydroxylation is 2. The largest absolute Gasteiger partial charge is 0.495 e. The molecule has 1 aromatic heterocycles. The van der Waals surface area contributed by atoms with Crippen LogP contribution in [0.25, 0.3) is 10.9 Å². The molecular weight excluding hydrogens is 224 g/mol. The Morgan fingerprint density at radius 3 is 2.61 bits per heavy atom. The van der Waals surface area contributed by atoms with Crippen molar-refractivity contribution in [1.29, 1.82) is 0 Å². The molecule has 18 heavy (non-hydrogen) atoms. The van der Waals surface area contributed by atoms with E-state index in [0.717, 1.165) is 17.8 Å². The number of hydrogen-bond acceptors (Lipinski definition) is 2. The van der Waals surface area contributed by atoms with Crippen LogP contribution in [-0.2, 0) is 5.41 Å². The van der Waals surface area contributed by atoms with Gasteiger partial charge < -0.3 is 15.5 Å². The molecule has 3 rings (SSSR count). The Bertz CT molecular complexity index is 608. The third-order valence-electron chi connectivity index (χ3n) is 4.20. The molecule has 2 aromatic rings. The predicted octanol–water partition coefficient (Wildman–Crippen LogP) is 2.78. The minimum absolute atomic E-state index is 0.209. The van der Waals surface area contributed by atoms with E-state index in [1.807, 2.05) is 0 Å². The van der Waals surface area contributed by atoms with Gasteiger partial charge in [-0.25, -0.2) is 0 Å². The first-order chi connectivity index (χ1) is 8.61. The Kier molecular flexibility index (Phi) is 2.42. The van der Waals surface area contributed by atoms with Gasteiger partial charge in [0, 0.05) is 23.0 Å². The topological polar surface area (TPSA) is 51.0 Å². The third kappa shape index (κ3) is 1.47. The first kappa shape index (κ1) is 11.6. The summed E-state index contributed by atoms with van der Waals surface area (Å²) in [5.41, 5.74) is 11.2. The minimum atomic E-state index is 0.209. The van der Waals surface area contributed by atoms with E-state index >= 15 is 0 Å². The van der Waals surface area contributed by atoms with Crippen LogP contribution in [0.3, 0.4) is 0 Å². The van der Waals surface area contributed by atoms with Gasteiger partial charge in [0.2, 0.25) is 0 Å². The van der Waals surface area contributed by atoms with Crippen molar-refractivity contribution in [3.8, 4) is 5.75 Å². The molecule has 0 atom stereocenters. The fourth-order valence-electron chi connectivity index (χ4n) is 3.08. The van der Waals surface area contributed by atoms with E-state index in [1.54, 1.807) is 7.11 Å². The highest BCUT2D eigenvalue weighted by Crippen LogP contribution is 2.51. The van der Waals surface area contributed by atoms with Gasteiger partial charge in [-0.2, -0.15) is 0 Å². The molecule has 0 saturated heterocycles. The SMILES string of the molecule is COc1cc(C)cc2c(C3(CN)CC3)c(C)[nH]c12. The molecule has 0 amide bonds. The molecule has 1 aliphatic carbocycles. The number of H-pyrrole nitrogens is 1. The molecule has 1 aromatic carbocycles. The van der Waals surface area contributed by atoms with Gasteiger partial charge >= 0.3 is 0 Å². The Labute approximate surface area is 107 Å². The highest BCUT2D eigenvalue weighted by molar-refractivity contribution is 5.91. The molecule has 1 heterocycles. The summed E-state index contributed by atoms with van der Waals surface area (Å²) in [6.07, 6.45) is 2.40. The van der Waals surface area contributed by atoms with Gasteiger partial charge in [0.15, 0.2) is 0 Å². The molecule has 0 radical (unpaired) electrons. The first-order valence-electron chi connectivity index (χ1n) is 6.49. The minimum Gasteiger partial charge on any atom is -0.495 e. The Morgan fingerprint density at radius 2 is 2.06 bits per heavy atom. The number of fused-ring (bicyclic) bond motifs is 1. The summed E-state index contributed by atoms with van der Waals surface area (Å²) in [6, 6.07) is 4.32. The lowest BCUT2D eigenvalue weighted by Gasteiger charge is -2.13. The van der Waals surface area contributed by atoms with Crippen molar-refractivity contribution in [3.05, 3.63) is 29.0 Å². The van der Waals surface area contributed by atoms with Crippen molar-refractivity contribution in [2.75, 3.05) is 13.7 Å². The summed E-state index contributed by atoms with van der Waals surface area (Å²) in [6.45, 7) is 4.98. The zero-order chi connectivity index (χ0) is 12.9. The summed E-state index contributed by atoms with van der Waals surface area (Å²) < 4.78 is 5.48. The molecule has 3 N–H and O–H groups in total. The van der Waals surface area contributed by atoms with E-state index in [0.29, 0.717) is 0 Å². The number of benzene rings is 1. The maximum absolute atomic E-state index is 5.98. The Morgan fingerprint density at radius 1 is 1.33 bits per heavy atom. The van der Waals surface area contributed by atoms with Crippen molar-refractivity contribution >= 4 is 10.9 Å². The smallest absolute Gasteiger partial charge is 0.143 e. The zero-order valence-electron chi connectivity index (χ0n) is 11.3. The standard InChI is InChI=1S/C15H20N2O/c1-9-6-11-13(15(8-16)4-5-15)10(2)17-14(11)12(7-9)18-3/h6-7,17H,4-5,8,16H2,1-3H3. The van der Waals surface area contributed by atoms with E-state index in [-0.39, 0.29) is 5.41 Å². The number of methoxy groups -OCH3 is 1. The molecule has 3 heteroatoms. The monoisotopic (exact) mass is 244 g/mol. The normalized spacial score (nSPS) is 17.1. The van der Waals surface area contributed by atoms with Gasteiger partial charge in [-0.1, -0.05) is 0 Å². The van der Waals surface area contributed by atoms with E-state index < -0.39 is 0 Å². The van der Waals surface area contributed by atoms with Crippen LogP contribution in [0.15, 0.2) is 12.1 Å². The fourth-order valence-corrected chi connectivity index (χ4v) is 3.08. The second-order valence-electron chi connectivity index (χ2n) is 5.50. The van der Waals surface area contributed by atoms with Gasteiger partial charge in [-0.05, 0) is 49.9 Å². The number of nitrogens with one attached hydrogen (secondary N) is 1. The fraction of sp³-hybridized carbons (Fsp3) is 0.467. The molecule has 0 spiro atoms. The molecule has 0 unspecified atom stereocenters. The maximum Gasteiger partial charge on any atom is 0.143 e. The second kappa shape index (κ2) is 3.75. The Hall–Kier alpha value is -1.48. The van der Waals surface area contributed by atoms with Gasteiger partial charge in [-0.15, -0.1) is 0 Å². The predicted molar refractivity (Wildman–Crippen MR) is 74.3 cm³/mol. The highest BCUT2D eigenvalue weighted by Gasteiger charge is 2.45. The van der Waals surface area contributed by atoms with E-state index in [9.17, 15) is 0 Å². The van der Waals surface area contributed by atoms with Crippen LogP contribution < -0.4 is 10.5 Å². The van der Waals surface area contributed by atoms with Crippen LogP contribution in [0.1, 0.15) is 29.7 Å². The summed E-state index contributed by atoms with van der Waals surface area (Å²) >= 11 is 0. The first-order valence-corrected chi connectivity index (χ1v) is 6.49. The molecule has 3 nitrogen and oxygen atoms in total. The molecule has 1 fully saturated rings. The van der Waals surface area contributed by atoms with Crippen LogP contribution in [-0.4, -0.2) is 18.6 Å². The summed E-state index contributed by atoms with van der Waals surface area (Å²) in [5, 5.41) is 1.28. The van der Waals surface area contributed by atoms with Crippen molar-refractivity contribution in [2.45, 2.75) is 32.1 Å². The van der Waals surface area contributed by atoms with Gasteiger partial charge in [0.1, 0.15) is 5.75 Å². The summed E-state index contributed by atoms with van der Waals surface area (Å²) in [4.78, 5) is 3.47. The molecule has 0 bridgehead atoms. The number of rotatable bonds is 3. The quantitative estimate of drug-likeness (QED) is 0.872. The number of nitrogens with two attached hydrogens (primary N) is 1. The lowest BCUT2D eigenvalue weighted by molar-refractivity contribution is 0.418. The number of hydrogen-bond donors (Lipinski definition) is 2. The zero-order valence-corrected chi connectivity index (χ0v) is 11.3. The van der Waals surface area contributed by atoms with Crippen molar-refractivity contribution in [1.82, 2.24) is 4.98 Å². The average molecular weight is 244 g/mol. The van der Waals surface area contributed by atoms with Crippen LogP contribution in [0.5, 0.6) is 5.75 Å². The van der Waals surface area contributed by atoms with Crippen LogP contribution in [0.4, 0.5) is 0 Å². The highest BCUT2D eigenvalue weighted by atomic mass is 16.5. The van der Waals surface area contributed by atoms with Gasteiger partial charge in [-0.3, -0.25) is 0 Å². The van der Waals surface area contributed by atoms with Crippen molar-refractivity contribution < 1.29 is 4.74 Å². The molecular formula is C15H20N2O. The summed E-state index contributed by atoms with van der Waals surface area (Å²) in [7, 11) is 1.72. The van der Waals surface area contributed by atoms with Crippen LogP contribution in [0, 0.1) is 13.8 Å². The lowest BCUT2D eigenvalue weighted by atomic mass is 9.92. The molecule has 1 aliphatic rings. The van der Waals surface area contributed by atoms with Crippen molar-refractivity contribution in [3.63, 3.8) is 0 Å². The Balaban J connectivity index is 2.32. The summed E-state index contributed by atoms with van der Waals surface area (Å²) in [5.74, 6) is 0.923. The number of aromatic amines is 1. The number of ether oxygens (including phenoxy) is 1. The van der Waals surface area contributed by atoms with E-state index in [1.165, 1.54) is 35.0 Å². The molecule has 0 aliphatic heterocycles. The maximum atomic E-state index is 5.98. The lowest BCUT2D eigenvalue weighted by Crippen LogP contribution is -2.20. The van der Waals surface area contributed by atoms with Crippen molar-refractivity contribution in [2.24, 2.45) is 5.73 Å².